The summed E-state index contributed by atoms with van der Waals surface area (Å²) in [5.41, 5.74) is 1.22. The van der Waals surface area contributed by atoms with Crippen LogP contribution in [0.2, 0.25) is 0 Å². The molecule has 1 fully saturated rings. The van der Waals surface area contributed by atoms with Crippen molar-refractivity contribution in [3.63, 3.8) is 0 Å². The van der Waals surface area contributed by atoms with Crippen molar-refractivity contribution in [3.8, 4) is 0 Å². The lowest BCUT2D eigenvalue weighted by Gasteiger charge is -2.36. The van der Waals surface area contributed by atoms with E-state index in [0.717, 1.165) is 18.9 Å². The molecule has 1 aliphatic heterocycles. The minimum atomic E-state index is 0.270. The van der Waals surface area contributed by atoms with Gasteiger partial charge in [-0.15, -0.1) is 0 Å². The van der Waals surface area contributed by atoms with Gasteiger partial charge < -0.3 is 15.0 Å². The second-order valence-corrected chi connectivity index (χ2v) is 5.12. The standard InChI is InChI=1S/C14H23N3O/c1-10-8-17(9-11(2)18-10)14-6-5-13(7-16-14)12(3)15-4/h5-7,10-12,15H,8-9H2,1-4H3/t10-,11+,12?. The molecule has 4 nitrogen and oxygen atoms in total. The Balaban J connectivity index is 2.09. The van der Waals surface area contributed by atoms with Gasteiger partial charge in [0.15, 0.2) is 0 Å². The zero-order valence-corrected chi connectivity index (χ0v) is 11.7. The molecule has 1 unspecified atom stereocenters. The monoisotopic (exact) mass is 249 g/mol. The van der Waals surface area contributed by atoms with Crippen molar-refractivity contribution in [2.75, 3.05) is 25.0 Å². The third-order valence-corrected chi connectivity index (χ3v) is 3.45. The molecule has 18 heavy (non-hydrogen) atoms. The molecule has 1 aliphatic rings. The lowest BCUT2D eigenvalue weighted by Crippen LogP contribution is -2.45. The van der Waals surface area contributed by atoms with Crippen molar-refractivity contribution in [3.05, 3.63) is 23.9 Å². The summed E-state index contributed by atoms with van der Waals surface area (Å²) in [4.78, 5) is 6.87. The van der Waals surface area contributed by atoms with Gasteiger partial charge in [-0.25, -0.2) is 4.98 Å². The van der Waals surface area contributed by atoms with Crippen molar-refractivity contribution in [2.45, 2.75) is 39.0 Å². The molecule has 0 radical (unpaired) electrons. The van der Waals surface area contributed by atoms with Gasteiger partial charge in [0, 0.05) is 25.3 Å². The third-order valence-electron chi connectivity index (χ3n) is 3.45. The molecule has 2 heterocycles. The minimum Gasteiger partial charge on any atom is -0.372 e. The summed E-state index contributed by atoms with van der Waals surface area (Å²) in [6.07, 6.45) is 2.50. The Morgan fingerprint density at radius 1 is 1.33 bits per heavy atom. The van der Waals surface area contributed by atoms with Gasteiger partial charge >= 0.3 is 0 Å². The zero-order valence-electron chi connectivity index (χ0n) is 11.7. The fourth-order valence-electron chi connectivity index (χ4n) is 2.37. The Labute approximate surface area is 109 Å². The van der Waals surface area contributed by atoms with Crippen LogP contribution in [0.3, 0.4) is 0 Å². The molecule has 4 heteroatoms. The van der Waals surface area contributed by atoms with Crippen LogP contribution in [0.25, 0.3) is 0 Å². The first-order chi connectivity index (χ1) is 8.60. The maximum absolute atomic E-state index is 5.74. The lowest BCUT2D eigenvalue weighted by molar-refractivity contribution is -0.00545. The highest BCUT2D eigenvalue weighted by molar-refractivity contribution is 5.40. The predicted molar refractivity (Wildman–Crippen MR) is 73.9 cm³/mol. The van der Waals surface area contributed by atoms with Crippen molar-refractivity contribution < 1.29 is 4.74 Å². The minimum absolute atomic E-state index is 0.270. The maximum Gasteiger partial charge on any atom is 0.128 e. The molecule has 2 rings (SSSR count). The van der Waals surface area contributed by atoms with Crippen molar-refractivity contribution in [2.24, 2.45) is 0 Å². The molecule has 0 amide bonds. The van der Waals surface area contributed by atoms with Crippen LogP contribution < -0.4 is 10.2 Å². The lowest BCUT2D eigenvalue weighted by atomic mass is 10.1. The van der Waals surface area contributed by atoms with E-state index in [-0.39, 0.29) is 12.2 Å². The molecule has 1 saturated heterocycles. The van der Waals surface area contributed by atoms with E-state index >= 15 is 0 Å². The average molecular weight is 249 g/mol. The van der Waals surface area contributed by atoms with Gasteiger partial charge in [-0.2, -0.15) is 0 Å². The summed E-state index contributed by atoms with van der Waals surface area (Å²) in [5, 5.41) is 3.22. The number of hydrogen-bond donors (Lipinski definition) is 1. The molecule has 3 atom stereocenters. The molecule has 0 bridgehead atoms. The number of morpholine rings is 1. The summed E-state index contributed by atoms with van der Waals surface area (Å²) >= 11 is 0. The van der Waals surface area contributed by atoms with E-state index in [1.807, 2.05) is 13.2 Å². The topological polar surface area (TPSA) is 37.4 Å². The Hall–Kier alpha value is -1.13. The summed E-state index contributed by atoms with van der Waals surface area (Å²) in [5.74, 6) is 1.05. The first kappa shape index (κ1) is 13.3. The molecular weight excluding hydrogens is 226 g/mol. The van der Waals surface area contributed by atoms with Crippen LogP contribution in [0.4, 0.5) is 5.82 Å². The van der Waals surface area contributed by atoms with Gasteiger partial charge in [0.2, 0.25) is 0 Å². The first-order valence-corrected chi connectivity index (χ1v) is 6.63. The third kappa shape index (κ3) is 3.00. The van der Waals surface area contributed by atoms with Crippen LogP contribution in [0, 0.1) is 0 Å². The van der Waals surface area contributed by atoms with Gasteiger partial charge in [-0.3, -0.25) is 0 Å². The second kappa shape index (κ2) is 5.67. The number of nitrogens with one attached hydrogen (secondary N) is 1. The number of aromatic nitrogens is 1. The molecule has 1 aromatic heterocycles. The molecule has 100 valence electrons. The quantitative estimate of drug-likeness (QED) is 0.889. The number of anilines is 1. The van der Waals surface area contributed by atoms with E-state index in [9.17, 15) is 0 Å². The van der Waals surface area contributed by atoms with Gasteiger partial charge in [0.1, 0.15) is 5.82 Å². The second-order valence-electron chi connectivity index (χ2n) is 5.12. The highest BCUT2D eigenvalue weighted by Gasteiger charge is 2.23. The van der Waals surface area contributed by atoms with E-state index in [2.05, 4.69) is 48.1 Å². The normalized spacial score (nSPS) is 26.1. The molecule has 1 aromatic rings. The summed E-state index contributed by atoms with van der Waals surface area (Å²) < 4.78 is 5.74. The SMILES string of the molecule is CNC(C)c1ccc(N2C[C@@H](C)O[C@@H](C)C2)nc1. The van der Waals surface area contributed by atoms with Crippen molar-refractivity contribution in [1.82, 2.24) is 10.3 Å². The molecule has 0 aromatic carbocycles. The van der Waals surface area contributed by atoms with E-state index in [0.29, 0.717) is 6.04 Å². The largest absolute Gasteiger partial charge is 0.372 e. The van der Waals surface area contributed by atoms with Crippen LogP contribution in [0.15, 0.2) is 18.3 Å². The average Bonchev–Trinajstić information content (AvgIpc) is 2.37. The van der Waals surface area contributed by atoms with Crippen molar-refractivity contribution in [1.29, 1.82) is 0 Å². The molecule has 0 spiro atoms. The number of hydrogen-bond acceptors (Lipinski definition) is 4. The number of pyridine rings is 1. The predicted octanol–water partition coefficient (Wildman–Crippen LogP) is 1.98. The fourth-order valence-corrected chi connectivity index (χ4v) is 2.37. The van der Waals surface area contributed by atoms with E-state index in [4.69, 9.17) is 4.74 Å². The van der Waals surface area contributed by atoms with Gasteiger partial charge in [0.05, 0.1) is 12.2 Å². The van der Waals surface area contributed by atoms with E-state index < -0.39 is 0 Å². The summed E-state index contributed by atoms with van der Waals surface area (Å²) in [6.45, 7) is 8.19. The summed E-state index contributed by atoms with van der Waals surface area (Å²) in [6, 6.07) is 4.59. The highest BCUT2D eigenvalue weighted by atomic mass is 16.5. The van der Waals surface area contributed by atoms with Crippen LogP contribution in [-0.4, -0.2) is 37.3 Å². The van der Waals surface area contributed by atoms with Crippen LogP contribution >= 0.6 is 0 Å². The number of nitrogens with zero attached hydrogens (tertiary/aromatic N) is 2. The smallest absolute Gasteiger partial charge is 0.128 e. The maximum atomic E-state index is 5.74. The van der Waals surface area contributed by atoms with E-state index in [1.54, 1.807) is 0 Å². The van der Waals surface area contributed by atoms with Gasteiger partial charge in [-0.1, -0.05) is 6.07 Å². The Morgan fingerprint density at radius 3 is 2.50 bits per heavy atom. The van der Waals surface area contributed by atoms with Gasteiger partial charge in [0.25, 0.3) is 0 Å². The molecule has 0 aliphatic carbocycles. The fraction of sp³-hybridized carbons (Fsp3) is 0.643. The Morgan fingerprint density at radius 2 is 2.00 bits per heavy atom. The van der Waals surface area contributed by atoms with Gasteiger partial charge in [-0.05, 0) is 39.4 Å². The van der Waals surface area contributed by atoms with Crippen LogP contribution in [0.1, 0.15) is 32.4 Å². The molecule has 0 saturated carbocycles. The number of ether oxygens (including phenoxy) is 1. The van der Waals surface area contributed by atoms with E-state index in [1.165, 1.54) is 5.56 Å². The highest BCUT2D eigenvalue weighted by Crippen LogP contribution is 2.20. The first-order valence-electron chi connectivity index (χ1n) is 6.63. The van der Waals surface area contributed by atoms with Crippen LogP contribution in [-0.2, 0) is 4.74 Å². The Bertz CT molecular complexity index is 369. The Kier molecular flexibility index (Phi) is 4.19. The van der Waals surface area contributed by atoms with Crippen LogP contribution in [0.5, 0.6) is 0 Å². The summed E-state index contributed by atoms with van der Waals surface area (Å²) in [7, 11) is 1.96. The molecular formula is C14H23N3O. The number of rotatable bonds is 3. The van der Waals surface area contributed by atoms with Crippen molar-refractivity contribution >= 4 is 5.82 Å². The molecule has 1 N–H and O–H groups in total. The zero-order chi connectivity index (χ0) is 13.1.